The Morgan fingerprint density at radius 3 is 1.80 bits per heavy atom. The van der Waals surface area contributed by atoms with Crippen LogP contribution in [0.2, 0.25) is 0 Å². The second kappa shape index (κ2) is 12.0. The highest BCUT2D eigenvalue weighted by Crippen LogP contribution is 2.29. The lowest BCUT2D eigenvalue weighted by molar-refractivity contribution is -0.0141. The Labute approximate surface area is 182 Å². The molecule has 0 saturated carbocycles. The maximum absolute atomic E-state index is 5.63. The Morgan fingerprint density at radius 1 is 0.767 bits per heavy atom. The third kappa shape index (κ3) is 5.99. The molecular weight excluding hydrogens is 372 g/mol. The van der Waals surface area contributed by atoms with Gasteiger partial charge in [-0.2, -0.15) is 0 Å². The molecule has 164 valence electrons. The molecule has 1 heterocycles. The molecule has 0 N–H and O–H groups in total. The van der Waals surface area contributed by atoms with Crippen molar-refractivity contribution < 1.29 is 9.47 Å². The first-order chi connectivity index (χ1) is 14.8. The Bertz CT molecular complexity index is 707. The molecule has 0 amide bonds. The fraction of sp³-hybridized carbons (Fsp3) is 0.538. The standard InChI is InChI=1S/C26H38N2O2/c1-4-5-6-7-17-26-27(20-22-13-8-10-15-24(22)29-2)18-12-19-28(26)21-23-14-9-11-16-25(23)30-3/h8-11,13-16,26H,4-7,12,17-21H2,1-3H3. The molecule has 0 radical (unpaired) electrons. The van der Waals surface area contributed by atoms with Crippen LogP contribution in [0.3, 0.4) is 0 Å². The van der Waals surface area contributed by atoms with Crippen LogP contribution in [-0.2, 0) is 13.1 Å². The molecule has 1 fully saturated rings. The highest BCUT2D eigenvalue weighted by Gasteiger charge is 2.29. The number of benzene rings is 2. The van der Waals surface area contributed by atoms with E-state index in [4.69, 9.17) is 9.47 Å². The number of hydrogen-bond donors (Lipinski definition) is 0. The van der Waals surface area contributed by atoms with Gasteiger partial charge in [0.1, 0.15) is 11.5 Å². The van der Waals surface area contributed by atoms with Gasteiger partial charge in [0.2, 0.25) is 0 Å². The summed E-state index contributed by atoms with van der Waals surface area (Å²) in [6.45, 7) is 6.43. The molecule has 0 spiro atoms. The molecule has 0 aliphatic carbocycles. The Kier molecular flexibility index (Phi) is 9.03. The van der Waals surface area contributed by atoms with E-state index >= 15 is 0 Å². The number of nitrogens with zero attached hydrogens (tertiary/aromatic N) is 2. The first-order valence-electron chi connectivity index (χ1n) is 11.5. The second-order valence-electron chi connectivity index (χ2n) is 8.25. The van der Waals surface area contributed by atoms with Crippen molar-refractivity contribution in [2.45, 2.75) is 64.7 Å². The molecule has 0 bridgehead atoms. The van der Waals surface area contributed by atoms with E-state index in [1.165, 1.54) is 49.7 Å². The van der Waals surface area contributed by atoms with Crippen LogP contribution >= 0.6 is 0 Å². The molecular formula is C26H38N2O2. The zero-order valence-corrected chi connectivity index (χ0v) is 19.0. The summed E-state index contributed by atoms with van der Waals surface area (Å²) in [6, 6.07) is 16.9. The summed E-state index contributed by atoms with van der Waals surface area (Å²) in [6.07, 6.45) is 8.05. The summed E-state index contributed by atoms with van der Waals surface area (Å²) >= 11 is 0. The fourth-order valence-electron chi connectivity index (χ4n) is 4.60. The van der Waals surface area contributed by atoms with E-state index in [1.807, 2.05) is 0 Å². The third-order valence-electron chi connectivity index (χ3n) is 6.18. The van der Waals surface area contributed by atoms with Gasteiger partial charge in [-0.25, -0.2) is 0 Å². The van der Waals surface area contributed by atoms with Crippen molar-refractivity contribution in [2.24, 2.45) is 0 Å². The van der Waals surface area contributed by atoms with Gasteiger partial charge in [-0.15, -0.1) is 0 Å². The second-order valence-corrected chi connectivity index (χ2v) is 8.25. The van der Waals surface area contributed by atoms with Gasteiger partial charge in [-0.3, -0.25) is 9.80 Å². The normalized spacial score (nSPS) is 16.0. The highest BCUT2D eigenvalue weighted by molar-refractivity contribution is 5.34. The maximum atomic E-state index is 5.63. The topological polar surface area (TPSA) is 24.9 Å². The molecule has 0 unspecified atom stereocenters. The maximum Gasteiger partial charge on any atom is 0.123 e. The molecule has 1 aliphatic rings. The monoisotopic (exact) mass is 410 g/mol. The number of hydrogen-bond acceptors (Lipinski definition) is 4. The molecule has 30 heavy (non-hydrogen) atoms. The molecule has 3 rings (SSSR count). The lowest BCUT2D eigenvalue weighted by atomic mass is 10.0. The lowest BCUT2D eigenvalue weighted by Crippen LogP contribution is -2.52. The van der Waals surface area contributed by atoms with Crippen LogP contribution in [0.25, 0.3) is 0 Å². The predicted molar refractivity (Wildman–Crippen MR) is 124 cm³/mol. The van der Waals surface area contributed by atoms with Crippen molar-refractivity contribution in [1.29, 1.82) is 0 Å². The van der Waals surface area contributed by atoms with Gasteiger partial charge < -0.3 is 9.47 Å². The van der Waals surface area contributed by atoms with Gasteiger partial charge in [0.05, 0.1) is 20.4 Å². The zero-order chi connectivity index (χ0) is 21.2. The van der Waals surface area contributed by atoms with E-state index < -0.39 is 0 Å². The SMILES string of the molecule is CCCCCCC1N(Cc2ccccc2OC)CCCN1Cc1ccccc1OC. The van der Waals surface area contributed by atoms with Crippen LogP contribution in [0.5, 0.6) is 11.5 Å². The van der Waals surface area contributed by atoms with E-state index in [2.05, 4.69) is 65.3 Å². The van der Waals surface area contributed by atoms with Crippen LogP contribution in [0.1, 0.15) is 56.6 Å². The first-order valence-corrected chi connectivity index (χ1v) is 11.5. The highest BCUT2D eigenvalue weighted by atomic mass is 16.5. The Balaban J connectivity index is 1.78. The van der Waals surface area contributed by atoms with Crippen molar-refractivity contribution in [3.05, 3.63) is 59.7 Å². The van der Waals surface area contributed by atoms with E-state index in [-0.39, 0.29) is 0 Å². The minimum atomic E-state index is 0.449. The van der Waals surface area contributed by atoms with Crippen LogP contribution in [0, 0.1) is 0 Å². The number of methoxy groups -OCH3 is 2. The van der Waals surface area contributed by atoms with E-state index in [1.54, 1.807) is 14.2 Å². The average molecular weight is 411 g/mol. The first kappa shape index (κ1) is 22.6. The minimum absolute atomic E-state index is 0.449. The number of unbranched alkanes of at least 4 members (excludes halogenated alkanes) is 3. The van der Waals surface area contributed by atoms with Gasteiger partial charge >= 0.3 is 0 Å². The van der Waals surface area contributed by atoms with Crippen molar-refractivity contribution in [3.63, 3.8) is 0 Å². The van der Waals surface area contributed by atoms with Crippen molar-refractivity contribution in [2.75, 3.05) is 27.3 Å². The van der Waals surface area contributed by atoms with Crippen LogP contribution in [-0.4, -0.2) is 43.3 Å². The molecule has 1 saturated heterocycles. The lowest BCUT2D eigenvalue weighted by Gasteiger charge is -2.44. The molecule has 2 aromatic rings. The quantitative estimate of drug-likeness (QED) is 0.443. The average Bonchev–Trinajstić information content (AvgIpc) is 2.79. The summed E-state index contributed by atoms with van der Waals surface area (Å²) in [7, 11) is 3.54. The summed E-state index contributed by atoms with van der Waals surface area (Å²) in [5.74, 6) is 1.98. The number of rotatable bonds is 11. The smallest absolute Gasteiger partial charge is 0.123 e. The van der Waals surface area contributed by atoms with Crippen molar-refractivity contribution >= 4 is 0 Å². The molecule has 1 aliphatic heterocycles. The summed E-state index contributed by atoms with van der Waals surface area (Å²) in [5.41, 5.74) is 2.55. The van der Waals surface area contributed by atoms with Gasteiger partial charge in [0.25, 0.3) is 0 Å². The van der Waals surface area contributed by atoms with E-state index in [0.717, 1.165) is 37.7 Å². The summed E-state index contributed by atoms with van der Waals surface area (Å²) < 4.78 is 11.3. The summed E-state index contributed by atoms with van der Waals surface area (Å²) in [4.78, 5) is 5.31. The van der Waals surface area contributed by atoms with Gasteiger partial charge in [-0.1, -0.05) is 69.0 Å². The molecule has 0 aromatic heterocycles. The Hall–Kier alpha value is -2.04. The van der Waals surface area contributed by atoms with Crippen molar-refractivity contribution in [1.82, 2.24) is 9.80 Å². The zero-order valence-electron chi connectivity index (χ0n) is 19.0. The predicted octanol–water partition coefficient (Wildman–Crippen LogP) is 5.71. The largest absolute Gasteiger partial charge is 0.496 e. The van der Waals surface area contributed by atoms with Crippen molar-refractivity contribution in [3.8, 4) is 11.5 Å². The van der Waals surface area contributed by atoms with E-state index in [0.29, 0.717) is 6.17 Å². The van der Waals surface area contributed by atoms with Gasteiger partial charge in [0, 0.05) is 37.3 Å². The van der Waals surface area contributed by atoms with E-state index in [9.17, 15) is 0 Å². The molecule has 0 atom stereocenters. The fourth-order valence-corrected chi connectivity index (χ4v) is 4.60. The van der Waals surface area contributed by atoms with Gasteiger partial charge in [0.15, 0.2) is 0 Å². The Morgan fingerprint density at radius 2 is 1.30 bits per heavy atom. The third-order valence-corrected chi connectivity index (χ3v) is 6.18. The summed E-state index contributed by atoms with van der Waals surface area (Å²) in [5, 5.41) is 0. The minimum Gasteiger partial charge on any atom is -0.496 e. The molecule has 2 aromatic carbocycles. The number of ether oxygens (including phenoxy) is 2. The van der Waals surface area contributed by atoms with Gasteiger partial charge in [-0.05, 0) is 25.0 Å². The molecule has 4 nitrogen and oxygen atoms in total. The van der Waals surface area contributed by atoms with Crippen LogP contribution < -0.4 is 9.47 Å². The van der Waals surface area contributed by atoms with Crippen LogP contribution in [0.4, 0.5) is 0 Å². The molecule has 4 heteroatoms. The van der Waals surface area contributed by atoms with Crippen LogP contribution in [0.15, 0.2) is 48.5 Å². The number of para-hydroxylation sites is 2.